The van der Waals surface area contributed by atoms with E-state index in [1.807, 2.05) is 0 Å². The van der Waals surface area contributed by atoms with Crippen LogP contribution in [0.2, 0.25) is 39.3 Å². The summed E-state index contributed by atoms with van der Waals surface area (Å²) >= 11 is 0. The topological polar surface area (TPSA) is 0 Å². The normalized spacial score (nSPS) is 14.3. The molecule has 2 heteroatoms. The Balaban J connectivity index is 2.02. The van der Waals surface area contributed by atoms with Crippen LogP contribution < -0.4 is 10.4 Å². The van der Waals surface area contributed by atoms with Gasteiger partial charge in [0.1, 0.15) is 0 Å². The smallest absolute Gasteiger partial charge is 0.0656 e. The molecule has 0 aliphatic heterocycles. The van der Waals surface area contributed by atoms with Crippen molar-refractivity contribution in [3.8, 4) is 11.1 Å². The third kappa shape index (κ3) is 4.88. The van der Waals surface area contributed by atoms with Crippen LogP contribution in [0.4, 0.5) is 0 Å². The summed E-state index contributed by atoms with van der Waals surface area (Å²) < 4.78 is 0. The summed E-state index contributed by atoms with van der Waals surface area (Å²) in [5.41, 5.74) is 9.67. The number of benzene rings is 3. The summed E-state index contributed by atoms with van der Waals surface area (Å²) in [6.45, 7) is 21.9. The molecule has 0 saturated carbocycles. The zero-order valence-corrected chi connectivity index (χ0v) is 23.9. The minimum absolute atomic E-state index is 0.0716. The van der Waals surface area contributed by atoms with E-state index in [9.17, 15) is 0 Å². The molecule has 0 heterocycles. The first-order valence-electron chi connectivity index (χ1n) is 12.2. The van der Waals surface area contributed by atoms with E-state index in [1.54, 1.807) is 10.4 Å². The van der Waals surface area contributed by atoms with E-state index in [1.165, 1.54) is 39.0 Å². The van der Waals surface area contributed by atoms with E-state index >= 15 is 0 Å². The molecule has 1 aliphatic rings. The van der Waals surface area contributed by atoms with Crippen molar-refractivity contribution >= 4 is 38.2 Å². The van der Waals surface area contributed by atoms with Gasteiger partial charge in [0, 0.05) is 6.42 Å². The van der Waals surface area contributed by atoms with Gasteiger partial charge in [0.25, 0.3) is 0 Å². The SMILES string of the molecule is CC(C)(C)c1ccc2c(c1-c1cc([Si](C)(C)C)cc([Si](C)(C)C)c1)C=C(c1ccccc1)[CH]2. The van der Waals surface area contributed by atoms with Crippen LogP contribution in [0.3, 0.4) is 0 Å². The molecular formula is C31H39Si2. The van der Waals surface area contributed by atoms with Gasteiger partial charge < -0.3 is 0 Å². The van der Waals surface area contributed by atoms with E-state index in [0.29, 0.717) is 0 Å². The quantitative estimate of drug-likeness (QED) is 0.343. The van der Waals surface area contributed by atoms with Gasteiger partial charge in [-0.2, -0.15) is 0 Å². The fourth-order valence-electron chi connectivity index (χ4n) is 4.65. The summed E-state index contributed by atoms with van der Waals surface area (Å²) in [6.07, 6.45) is 4.78. The maximum atomic E-state index is 2.54. The van der Waals surface area contributed by atoms with E-state index in [-0.39, 0.29) is 5.41 Å². The Hall–Kier alpha value is -2.17. The average Bonchev–Trinajstić information content (AvgIpc) is 3.16. The summed E-state index contributed by atoms with van der Waals surface area (Å²) in [5, 5.41) is 3.15. The molecule has 33 heavy (non-hydrogen) atoms. The van der Waals surface area contributed by atoms with Crippen LogP contribution in [0.15, 0.2) is 60.7 Å². The Kier molecular flexibility index (Phi) is 5.99. The highest BCUT2D eigenvalue weighted by atomic mass is 28.3. The lowest BCUT2D eigenvalue weighted by Gasteiger charge is -2.28. The Labute approximate surface area is 203 Å². The fourth-order valence-corrected chi connectivity index (χ4v) is 7.15. The minimum Gasteiger partial charge on any atom is -0.0656 e. The van der Waals surface area contributed by atoms with Crippen LogP contribution in [0, 0.1) is 6.42 Å². The molecule has 0 nitrogen and oxygen atoms in total. The monoisotopic (exact) mass is 467 g/mol. The third-order valence-corrected chi connectivity index (χ3v) is 10.8. The molecule has 0 unspecified atom stereocenters. The van der Waals surface area contributed by atoms with Crippen LogP contribution in [-0.4, -0.2) is 16.1 Å². The molecular weight excluding hydrogens is 429 g/mol. The summed E-state index contributed by atoms with van der Waals surface area (Å²) in [5.74, 6) is 0. The Morgan fingerprint density at radius 1 is 0.636 bits per heavy atom. The van der Waals surface area contributed by atoms with Crippen molar-refractivity contribution in [2.75, 3.05) is 0 Å². The first kappa shape index (κ1) is 24.0. The lowest BCUT2D eigenvalue weighted by Crippen LogP contribution is -2.45. The highest BCUT2D eigenvalue weighted by Crippen LogP contribution is 2.43. The molecule has 4 rings (SSSR count). The Bertz CT molecular complexity index is 1180. The average molecular weight is 468 g/mol. The maximum absolute atomic E-state index is 2.54. The van der Waals surface area contributed by atoms with Crippen molar-refractivity contribution in [3.63, 3.8) is 0 Å². The van der Waals surface area contributed by atoms with Crippen LogP contribution in [0.25, 0.3) is 22.8 Å². The standard InChI is InChI=1S/C31H39Si2/c1-31(2,3)29-16-15-23-17-24(22-13-11-10-12-14-22)20-28(23)30(29)25-18-26(32(4,5)6)21-27(19-25)33(7,8)9/h10-21H,1-9H3. The molecule has 0 saturated heterocycles. The zero-order chi connectivity index (χ0) is 24.2. The largest absolute Gasteiger partial charge is 0.0776 e. The van der Waals surface area contributed by atoms with Crippen molar-refractivity contribution < 1.29 is 0 Å². The predicted octanol–water partition coefficient (Wildman–Crippen LogP) is 7.85. The molecule has 0 atom stereocenters. The van der Waals surface area contributed by atoms with Gasteiger partial charge in [-0.3, -0.25) is 0 Å². The van der Waals surface area contributed by atoms with E-state index in [2.05, 4.69) is 133 Å². The molecule has 3 aromatic carbocycles. The minimum atomic E-state index is -1.46. The van der Waals surface area contributed by atoms with Crippen molar-refractivity contribution in [2.24, 2.45) is 0 Å². The Morgan fingerprint density at radius 3 is 1.73 bits per heavy atom. The van der Waals surface area contributed by atoms with Gasteiger partial charge in [-0.05, 0) is 50.4 Å². The molecule has 171 valence electrons. The number of hydrogen-bond donors (Lipinski definition) is 0. The third-order valence-electron chi connectivity index (χ3n) is 6.76. The summed E-state index contributed by atoms with van der Waals surface area (Å²) in [6, 6.07) is 23.1. The van der Waals surface area contributed by atoms with E-state index in [4.69, 9.17) is 0 Å². The lowest BCUT2D eigenvalue weighted by atomic mass is 9.79. The predicted molar refractivity (Wildman–Crippen MR) is 154 cm³/mol. The molecule has 0 amide bonds. The van der Waals surface area contributed by atoms with Gasteiger partial charge in [-0.1, -0.05) is 131 Å². The molecule has 0 N–H and O–H groups in total. The van der Waals surface area contributed by atoms with Gasteiger partial charge in [-0.25, -0.2) is 0 Å². The first-order chi connectivity index (χ1) is 15.2. The van der Waals surface area contributed by atoms with Crippen LogP contribution in [-0.2, 0) is 5.41 Å². The van der Waals surface area contributed by atoms with Crippen LogP contribution in [0.1, 0.15) is 43.0 Å². The van der Waals surface area contributed by atoms with Crippen LogP contribution >= 0.6 is 0 Å². The second-order valence-electron chi connectivity index (χ2n) is 12.7. The van der Waals surface area contributed by atoms with E-state index in [0.717, 1.165) is 0 Å². The summed E-state index contributed by atoms with van der Waals surface area (Å²) in [7, 11) is -2.93. The van der Waals surface area contributed by atoms with Crippen molar-refractivity contribution in [2.45, 2.75) is 65.5 Å². The highest BCUT2D eigenvalue weighted by Gasteiger charge is 2.29. The molecule has 1 aliphatic carbocycles. The Morgan fingerprint density at radius 2 is 1.21 bits per heavy atom. The van der Waals surface area contributed by atoms with E-state index < -0.39 is 16.1 Å². The number of hydrogen-bond acceptors (Lipinski definition) is 0. The molecule has 3 aromatic rings. The highest BCUT2D eigenvalue weighted by molar-refractivity contribution is 6.91. The number of rotatable bonds is 4. The van der Waals surface area contributed by atoms with Crippen molar-refractivity contribution in [1.82, 2.24) is 0 Å². The number of fused-ring (bicyclic) bond motifs is 1. The molecule has 0 bridgehead atoms. The zero-order valence-electron chi connectivity index (χ0n) is 21.9. The van der Waals surface area contributed by atoms with Crippen molar-refractivity contribution in [3.05, 3.63) is 89.3 Å². The van der Waals surface area contributed by atoms with Crippen molar-refractivity contribution in [1.29, 1.82) is 0 Å². The second-order valence-corrected chi connectivity index (χ2v) is 22.8. The maximum Gasteiger partial charge on any atom is 0.0776 e. The molecule has 0 aromatic heterocycles. The van der Waals surface area contributed by atoms with Gasteiger partial charge in [0.15, 0.2) is 0 Å². The summed E-state index contributed by atoms with van der Waals surface area (Å²) in [4.78, 5) is 0. The van der Waals surface area contributed by atoms with Gasteiger partial charge in [0.2, 0.25) is 0 Å². The molecule has 0 fully saturated rings. The second kappa shape index (κ2) is 8.25. The molecule has 1 radical (unpaired) electrons. The van der Waals surface area contributed by atoms with Crippen LogP contribution in [0.5, 0.6) is 0 Å². The van der Waals surface area contributed by atoms with Gasteiger partial charge >= 0.3 is 0 Å². The molecule has 0 spiro atoms. The van der Waals surface area contributed by atoms with Gasteiger partial charge in [0.05, 0.1) is 16.1 Å². The number of allylic oxidation sites excluding steroid dienone is 1. The first-order valence-corrected chi connectivity index (χ1v) is 19.2. The lowest BCUT2D eigenvalue weighted by molar-refractivity contribution is 0.592. The van der Waals surface area contributed by atoms with Gasteiger partial charge in [-0.15, -0.1) is 0 Å². The fraction of sp³-hybridized carbons (Fsp3) is 0.323.